The van der Waals surface area contributed by atoms with Crippen molar-refractivity contribution in [2.24, 2.45) is 4.99 Å². The third kappa shape index (κ3) is 5.46. The number of aromatic nitrogens is 1. The zero-order valence-corrected chi connectivity index (χ0v) is 14.2. The summed E-state index contributed by atoms with van der Waals surface area (Å²) in [7, 11) is 0. The standard InChI is InChI=1S/C22H18N2O2/c1-3-19(23-4-2)12-14-21(25)17-8-10-18(11-9-17)22(26)15-13-20-7-5-6-16-24-20/h3-16H,1-2H2/b14-12+,15-13+,23-19?. The summed E-state index contributed by atoms with van der Waals surface area (Å²) in [6, 6.07) is 12.0. The second kappa shape index (κ2) is 9.59. The number of hydrogen-bond acceptors (Lipinski definition) is 4. The molecule has 0 saturated heterocycles. The fourth-order valence-corrected chi connectivity index (χ4v) is 2.06. The number of hydrogen-bond donors (Lipinski definition) is 0. The summed E-state index contributed by atoms with van der Waals surface area (Å²) in [5, 5.41) is 0. The maximum absolute atomic E-state index is 12.2. The van der Waals surface area contributed by atoms with E-state index in [9.17, 15) is 9.59 Å². The molecule has 0 fully saturated rings. The zero-order valence-electron chi connectivity index (χ0n) is 14.2. The Morgan fingerprint density at radius 1 is 0.885 bits per heavy atom. The predicted octanol–water partition coefficient (Wildman–Crippen LogP) is 4.49. The lowest BCUT2D eigenvalue weighted by Gasteiger charge is -1.99. The maximum atomic E-state index is 12.2. The molecule has 128 valence electrons. The largest absolute Gasteiger partial charge is 0.289 e. The van der Waals surface area contributed by atoms with E-state index in [1.165, 1.54) is 24.4 Å². The van der Waals surface area contributed by atoms with Crippen molar-refractivity contribution in [3.63, 3.8) is 0 Å². The first-order chi connectivity index (χ1) is 12.6. The number of pyridine rings is 1. The van der Waals surface area contributed by atoms with Crippen LogP contribution in [0.15, 0.2) is 97.3 Å². The van der Waals surface area contributed by atoms with E-state index >= 15 is 0 Å². The van der Waals surface area contributed by atoms with E-state index in [1.807, 2.05) is 18.2 Å². The third-order valence-corrected chi connectivity index (χ3v) is 3.40. The Balaban J connectivity index is 2.06. The van der Waals surface area contributed by atoms with Crippen LogP contribution in [0.1, 0.15) is 26.4 Å². The van der Waals surface area contributed by atoms with Crippen LogP contribution in [0.25, 0.3) is 6.08 Å². The van der Waals surface area contributed by atoms with E-state index in [0.29, 0.717) is 22.5 Å². The molecule has 0 aliphatic rings. The number of aliphatic imine (C=N–C) groups is 1. The second-order valence-corrected chi connectivity index (χ2v) is 5.17. The van der Waals surface area contributed by atoms with Gasteiger partial charge in [0, 0.05) is 23.5 Å². The molecule has 4 heteroatoms. The molecule has 0 unspecified atom stereocenters. The monoisotopic (exact) mass is 342 g/mol. The highest BCUT2D eigenvalue weighted by atomic mass is 16.1. The lowest BCUT2D eigenvalue weighted by atomic mass is 10.0. The van der Waals surface area contributed by atoms with E-state index in [1.54, 1.807) is 42.6 Å². The van der Waals surface area contributed by atoms with Crippen LogP contribution in [-0.2, 0) is 0 Å². The van der Waals surface area contributed by atoms with E-state index in [-0.39, 0.29) is 11.6 Å². The summed E-state index contributed by atoms with van der Waals surface area (Å²) in [6.07, 6.45) is 10.6. The normalized spacial score (nSPS) is 11.6. The number of allylic oxidation sites excluding steroid dienone is 4. The first-order valence-corrected chi connectivity index (χ1v) is 7.91. The Kier molecular flexibility index (Phi) is 6.89. The number of carbonyl (C=O) groups is 2. The van der Waals surface area contributed by atoms with Crippen LogP contribution < -0.4 is 0 Å². The van der Waals surface area contributed by atoms with Gasteiger partial charge in [-0.3, -0.25) is 19.6 Å². The Morgan fingerprint density at radius 2 is 1.54 bits per heavy atom. The van der Waals surface area contributed by atoms with Gasteiger partial charge in [0.05, 0.1) is 11.4 Å². The molecule has 0 radical (unpaired) electrons. The van der Waals surface area contributed by atoms with Gasteiger partial charge in [0.1, 0.15) is 0 Å². The summed E-state index contributed by atoms with van der Waals surface area (Å²) >= 11 is 0. The number of benzene rings is 1. The van der Waals surface area contributed by atoms with Gasteiger partial charge >= 0.3 is 0 Å². The van der Waals surface area contributed by atoms with Gasteiger partial charge in [0.2, 0.25) is 0 Å². The maximum Gasteiger partial charge on any atom is 0.185 e. The summed E-state index contributed by atoms with van der Waals surface area (Å²) < 4.78 is 0. The van der Waals surface area contributed by atoms with Gasteiger partial charge in [-0.1, -0.05) is 43.5 Å². The average Bonchev–Trinajstić information content (AvgIpc) is 2.70. The minimum absolute atomic E-state index is 0.155. The molecule has 2 aromatic rings. The van der Waals surface area contributed by atoms with E-state index in [4.69, 9.17) is 0 Å². The molecular formula is C22H18N2O2. The van der Waals surface area contributed by atoms with Gasteiger partial charge < -0.3 is 0 Å². The van der Waals surface area contributed by atoms with Crippen LogP contribution in [0.5, 0.6) is 0 Å². The van der Waals surface area contributed by atoms with E-state index < -0.39 is 0 Å². The molecule has 26 heavy (non-hydrogen) atoms. The quantitative estimate of drug-likeness (QED) is 0.403. The SMILES string of the molecule is C=CN=C(C=C)/C=C/C(=O)c1ccc(C(=O)/C=C/c2ccccn2)cc1. The van der Waals surface area contributed by atoms with Crippen LogP contribution in [0.4, 0.5) is 0 Å². The van der Waals surface area contributed by atoms with E-state index in [0.717, 1.165) is 0 Å². The first kappa shape index (κ1) is 18.7. The van der Waals surface area contributed by atoms with Crippen molar-refractivity contribution in [2.75, 3.05) is 0 Å². The van der Waals surface area contributed by atoms with Gasteiger partial charge in [-0.15, -0.1) is 0 Å². The van der Waals surface area contributed by atoms with Gasteiger partial charge in [0.15, 0.2) is 11.6 Å². The second-order valence-electron chi connectivity index (χ2n) is 5.17. The molecule has 0 aliphatic heterocycles. The molecule has 0 N–H and O–H groups in total. The van der Waals surface area contributed by atoms with Crippen molar-refractivity contribution in [1.82, 2.24) is 4.98 Å². The van der Waals surface area contributed by atoms with Gasteiger partial charge in [-0.2, -0.15) is 0 Å². The first-order valence-electron chi connectivity index (χ1n) is 7.91. The minimum atomic E-state index is -0.188. The van der Waals surface area contributed by atoms with Crippen LogP contribution >= 0.6 is 0 Å². The molecule has 1 heterocycles. The third-order valence-electron chi connectivity index (χ3n) is 3.40. The van der Waals surface area contributed by atoms with Gasteiger partial charge in [0.25, 0.3) is 0 Å². The number of nitrogens with zero attached hydrogens (tertiary/aromatic N) is 2. The predicted molar refractivity (Wildman–Crippen MR) is 105 cm³/mol. The summed E-state index contributed by atoms with van der Waals surface area (Å²) in [5.74, 6) is -0.344. The molecule has 1 aromatic carbocycles. The van der Waals surface area contributed by atoms with Crippen molar-refractivity contribution in [1.29, 1.82) is 0 Å². The van der Waals surface area contributed by atoms with Crippen molar-refractivity contribution in [3.05, 3.63) is 109 Å². The molecule has 0 spiro atoms. The average molecular weight is 342 g/mol. The lowest BCUT2D eigenvalue weighted by molar-refractivity contribution is 0.103. The molecule has 0 atom stereocenters. The zero-order chi connectivity index (χ0) is 18.8. The Morgan fingerprint density at radius 3 is 2.08 bits per heavy atom. The van der Waals surface area contributed by atoms with Crippen molar-refractivity contribution in [3.8, 4) is 0 Å². The molecule has 2 rings (SSSR count). The van der Waals surface area contributed by atoms with Crippen LogP contribution in [-0.4, -0.2) is 22.3 Å². The van der Waals surface area contributed by atoms with Crippen LogP contribution in [0.2, 0.25) is 0 Å². The van der Waals surface area contributed by atoms with E-state index in [2.05, 4.69) is 23.1 Å². The summed E-state index contributed by atoms with van der Waals surface area (Å²) in [4.78, 5) is 32.4. The van der Waals surface area contributed by atoms with Crippen LogP contribution in [0, 0.1) is 0 Å². The fraction of sp³-hybridized carbons (Fsp3) is 0. The van der Waals surface area contributed by atoms with Crippen molar-refractivity contribution < 1.29 is 9.59 Å². The minimum Gasteiger partial charge on any atom is -0.289 e. The van der Waals surface area contributed by atoms with Crippen molar-refractivity contribution in [2.45, 2.75) is 0 Å². The van der Waals surface area contributed by atoms with Crippen LogP contribution in [0.3, 0.4) is 0 Å². The topological polar surface area (TPSA) is 59.4 Å². The van der Waals surface area contributed by atoms with Gasteiger partial charge in [-0.05, 0) is 42.5 Å². The van der Waals surface area contributed by atoms with Gasteiger partial charge in [-0.25, -0.2) is 0 Å². The highest BCUT2D eigenvalue weighted by Crippen LogP contribution is 2.09. The van der Waals surface area contributed by atoms with Crippen molar-refractivity contribution >= 4 is 23.4 Å². The smallest absolute Gasteiger partial charge is 0.185 e. The molecule has 1 aromatic heterocycles. The number of ketones is 2. The number of rotatable bonds is 8. The molecular weight excluding hydrogens is 324 g/mol. The highest BCUT2D eigenvalue weighted by Gasteiger charge is 2.05. The lowest BCUT2D eigenvalue weighted by Crippen LogP contribution is -1.99. The Labute approximate surface area is 152 Å². The number of carbonyl (C=O) groups excluding carboxylic acids is 2. The molecule has 0 amide bonds. The Hall–Kier alpha value is -3.66. The summed E-state index contributed by atoms with van der Waals surface area (Å²) in [6.45, 7) is 7.11. The fourth-order valence-electron chi connectivity index (χ4n) is 2.06. The highest BCUT2D eigenvalue weighted by molar-refractivity contribution is 6.12. The Bertz CT molecular complexity index is 889. The summed E-state index contributed by atoms with van der Waals surface area (Å²) in [5.41, 5.74) is 2.23. The molecule has 0 bridgehead atoms. The molecule has 0 aliphatic carbocycles. The molecule has 4 nitrogen and oxygen atoms in total. The molecule has 0 saturated carbocycles.